The van der Waals surface area contributed by atoms with Crippen molar-refractivity contribution in [2.75, 3.05) is 0 Å². The molecule has 0 fully saturated rings. The number of halogens is 1. The fraction of sp³-hybridized carbons (Fsp3) is 0.429. The smallest absolute Gasteiger partial charge is 0.285 e. The maximum Gasteiger partial charge on any atom is 0.285 e. The molecule has 0 aromatic rings. The Balaban J connectivity index is 2.07. The van der Waals surface area contributed by atoms with Gasteiger partial charge >= 0.3 is 0 Å². The SMILES string of the molecule is CCCCCCc1ccc2ccoc(F)c1-2. The Hall–Kier alpha value is -1.31. The zero-order valence-corrected chi connectivity index (χ0v) is 9.63. The lowest BCUT2D eigenvalue weighted by Gasteiger charge is -2.04. The normalized spacial score (nSPS) is 11.1. The molecule has 0 amide bonds. The van der Waals surface area contributed by atoms with Gasteiger partial charge in [-0.3, -0.25) is 0 Å². The van der Waals surface area contributed by atoms with E-state index >= 15 is 0 Å². The summed E-state index contributed by atoms with van der Waals surface area (Å²) in [6, 6.07) is 5.33. The Kier molecular flexibility index (Phi) is 3.60. The van der Waals surface area contributed by atoms with Gasteiger partial charge in [-0.25, -0.2) is 0 Å². The van der Waals surface area contributed by atoms with Crippen molar-refractivity contribution < 1.29 is 8.81 Å². The summed E-state index contributed by atoms with van der Waals surface area (Å²) < 4.78 is 18.3. The molecule has 0 atom stereocenters. The van der Waals surface area contributed by atoms with Crippen molar-refractivity contribution in [3.05, 3.63) is 36.0 Å². The monoisotopic (exact) mass is 220 g/mol. The first-order valence-electron chi connectivity index (χ1n) is 5.97. The molecule has 0 saturated carbocycles. The second-order valence-corrected chi connectivity index (χ2v) is 4.19. The van der Waals surface area contributed by atoms with E-state index in [9.17, 15) is 4.39 Å². The van der Waals surface area contributed by atoms with Gasteiger partial charge in [0.2, 0.25) is 0 Å². The fourth-order valence-electron chi connectivity index (χ4n) is 2.10. The molecule has 0 aromatic heterocycles. The topological polar surface area (TPSA) is 13.1 Å². The first-order valence-corrected chi connectivity index (χ1v) is 5.97. The number of rotatable bonds is 5. The van der Waals surface area contributed by atoms with Crippen molar-refractivity contribution in [3.8, 4) is 11.1 Å². The molecule has 86 valence electrons. The van der Waals surface area contributed by atoms with Crippen LogP contribution < -0.4 is 0 Å². The fourth-order valence-corrected chi connectivity index (χ4v) is 2.10. The van der Waals surface area contributed by atoms with Crippen LogP contribution in [0.25, 0.3) is 11.1 Å². The average Bonchev–Trinajstić information content (AvgIpc) is 2.69. The van der Waals surface area contributed by atoms with E-state index in [2.05, 4.69) is 6.92 Å². The molecule has 0 unspecified atom stereocenters. The van der Waals surface area contributed by atoms with E-state index in [4.69, 9.17) is 4.42 Å². The Morgan fingerprint density at radius 3 is 2.81 bits per heavy atom. The van der Waals surface area contributed by atoms with Gasteiger partial charge in [-0.15, -0.1) is 0 Å². The van der Waals surface area contributed by atoms with Crippen LogP contribution >= 0.6 is 0 Å². The van der Waals surface area contributed by atoms with E-state index in [1.165, 1.54) is 25.5 Å². The van der Waals surface area contributed by atoms with E-state index in [-0.39, 0.29) is 0 Å². The molecule has 2 heteroatoms. The van der Waals surface area contributed by atoms with E-state index in [1.807, 2.05) is 18.2 Å². The molecule has 0 aromatic carbocycles. The lowest BCUT2D eigenvalue weighted by Crippen LogP contribution is -1.89. The molecule has 2 aliphatic rings. The molecule has 1 aliphatic carbocycles. The lowest BCUT2D eigenvalue weighted by atomic mass is 10.0. The van der Waals surface area contributed by atoms with Gasteiger partial charge in [0.05, 0.1) is 11.8 Å². The van der Waals surface area contributed by atoms with Gasteiger partial charge in [-0.1, -0.05) is 38.3 Å². The molecule has 1 aliphatic heterocycles. The van der Waals surface area contributed by atoms with Crippen LogP contribution in [-0.4, -0.2) is 0 Å². The van der Waals surface area contributed by atoms with Gasteiger partial charge in [-0.05, 0) is 30.0 Å². The van der Waals surface area contributed by atoms with Crippen LogP contribution in [0, 0.1) is 6.01 Å². The van der Waals surface area contributed by atoms with Crippen LogP contribution in [0.3, 0.4) is 0 Å². The quantitative estimate of drug-likeness (QED) is 0.669. The van der Waals surface area contributed by atoms with Crippen LogP contribution in [0.15, 0.2) is 28.9 Å². The molecule has 1 heterocycles. The zero-order chi connectivity index (χ0) is 11.4. The highest BCUT2D eigenvalue weighted by molar-refractivity contribution is 5.69. The zero-order valence-electron chi connectivity index (χ0n) is 9.63. The van der Waals surface area contributed by atoms with Crippen molar-refractivity contribution in [2.45, 2.75) is 39.0 Å². The summed E-state index contributed by atoms with van der Waals surface area (Å²) in [6.45, 7) is 2.19. The number of fused-ring (bicyclic) bond motifs is 1. The van der Waals surface area contributed by atoms with Crippen molar-refractivity contribution >= 4 is 0 Å². The summed E-state index contributed by atoms with van der Waals surface area (Å²) in [7, 11) is 0. The summed E-state index contributed by atoms with van der Waals surface area (Å²) in [5.74, 6) is 0. The number of unbranched alkanes of at least 4 members (excludes halogenated alkanes) is 3. The third kappa shape index (κ3) is 2.26. The molecule has 0 spiro atoms. The van der Waals surface area contributed by atoms with E-state index in [1.54, 1.807) is 0 Å². The van der Waals surface area contributed by atoms with Gasteiger partial charge in [0.25, 0.3) is 6.01 Å². The molecule has 0 saturated heterocycles. The summed E-state index contributed by atoms with van der Waals surface area (Å²) >= 11 is 0. The maximum absolute atomic E-state index is 13.5. The molecule has 1 nitrogen and oxygen atoms in total. The van der Waals surface area contributed by atoms with E-state index in [0.29, 0.717) is 5.56 Å². The van der Waals surface area contributed by atoms with Gasteiger partial charge in [0.15, 0.2) is 0 Å². The highest BCUT2D eigenvalue weighted by Gasteiger charge is 2.15. The average molecular weight is 220 g/mol. The third-order valence-electron chi connectivity index (χ3n) is 2.99. The van der Waals surface area contributed by atoms with Gasteiger partial charge in [0, 0.05) is 0 Å². The van der Waals surface area contributed by atoms with E-state index in [0.717, 1.165) is 24.0 Å². The first-order chi connectivity index (χ1) is 7.83. The van der Waals surface area contributed by atoms with E-state index < -0.39 is 6.01 Å². The molecule has 0 N–H and O–H groups in total. The largest absolute Gasteiger partial charge is 0.439 e. The molecule has 0 bridgehead atoms. The first kappa shape index (κ1) is 11.2. The van der Waals surface area contributed by atoms with Gasteiger partial charge in [0.1, 0.15) is 0 Å². The van der Waals surface area contributed by atoms with Crippen LogP contribution in [-0.2, 0) is 6.42 Å². The standard InChI is InChI=1S/C14H17FO/c1-2-3-4-5-6-11-7-8-12-9-10-16-14(15)13(11)12/h7-10H,2-6H2,1H3. The summed E-state index contributed by atoms with van der Waals surface area (Å²) in [5, 5.41) is 0. The van der Waals surface area contributed by atoms with Crippen LogP contribution in [0.4, 0.5) is 4.39 Å². The third-order valence-corrected chi connectivity index (χ3v) is 2.99. The van der Waals surface area contributed by atoms with Crippen molar-refractivity contribution in [2.24, 2.45) is 0 Å². The number of hydrogen-bond acceptors (Lipinski definition) is 1. The van der Waals surface area contributed by atoms with Crippen molar-refractivity contribution in [3.63, 3.8) is 0 Å². The maximum atomic E-state index is 13.5. The highest BCUT2D eigenvalue weighted by atomic mass is 19.1. The van der Waals surface area contributed by atoms with Crippen molar-refractivity contribution in [1.29, 1.82) is 0 Å². The molecular weight excluding hydrogens is 203 g/mol. The van der Waals surface area contributed by atoms with Gasteiger partial charge in [-0.2, -0.15) is 4.39 Å². The predicted octanol–water partition coefficient (Wildman–Crippen LogP) is 4.65. The minimum atomic E-state index is -0.451. The minimum Gasteiger partial charge on any atom is -0.439 e. The molecule has 2 rings (SSSR count). The Labute approximate surface area is 95.6 Å². The Bertz CT molecular complexity index is 419. The van der Waals surface area contributed by atoms with Crippen LogP contribution in [0.1, 0.15) is 38.2 Å². The van der Waals surface area contributed by atoms with Crippen LogP contribution in [0.5, 0.6) is 0 Å². The number of aryl methyl sites for hydroxylation is 1. The van der Waals surface area contributed by atoms with Gasteiger partial charge < -0.3 is 4.42 Å². The second-order valence-electron chi connectivity index (χ2n) is 4.19. The summed E-state index contributed by atoms with van der Waals surface area (Å²) in [6.07, 6.45) is 7.17. The highest BCUT2D eigenvalue weighted by Crippen LogP contribution is 2.31. The van der Waals surface area contributed by atoms with Crippen LogP contribution in [0.2, 0.25) is 0 Å². The molecule has 16 heavy (non-hydrogen) atoms. The molecular formula is C14H17FO. The number of hydrogen-bond donors (Lipinski definition) is 0. The second kappa shape index (κ2) is 5.15. The molecule has 0 radical (unpaired) electrons. The minimum absolute atomic E-state index is 0.451. The van der Waals surface area contributed by atoms with Crippen molar-refractivity contribution in [1.82, 2.24) is 0 Å². The Morgan fingerprint density at radius 2 is 2.00 bits per heavy atom. The lowest BCUT2D eigenvalue weighted by molar-refractivity contribution is 0.347. The summed E-state index contributed by atoms with van der Waals surface area (Å²) in [5.41, 5.74) is 2.68. The summed E-state index contributed by atoms with van der Waals surface area (Å²) in [4.78, 5) is 0. The predicted molar refractivity (Wildman–Crippen MR) is 63.1 cm³/mol. The Morgan fingerprint density at radius 1 is 1.12 bits per heavy atom.